The maximum atomic E-state index is 9.45. The molecule has 1 unspecified atom stereocenters. The average molecular weight is 164 g/mol. The maximum absolute atomic E-state index is 9.45. The van der Waals surface area contributed by atoms with Crippen LogP contribution >= 0.6 is 0 Å². The molecule has 0 amide bonds. The summed E-state index contributed by atoms with van der Waals surface area (Å²) >= 11 is 0. The van der Waals surface area contributed by atoms with Gasteiger partial charge >= 0.3 is 43.7 Å². The van der Waals surface area contributed by atoms with Crippen molar-refractivity contribution in [3.05, 3.63) is 0 Å². The Kier molecular flexibility index (Phi) is 20.8. The summed E-state index contributed by atoms with van der Waals surface area (Å²) < 4.78 is 0. The van der Waals surface area contributed by atoms with E-state index < -0.39 is 12.1 Å². The number of aliphatic hydroxyl groups is 2. The van der Waals surface area contributed by atoms with Crippen molar-refractivity contribution in [3.8, 4) is 0 Å². The van der Waals surface area contributed by atoms with E-state index in [1.54, 1.807) is 0 Å². The standard InChI is InChI=1S/C3H6O3.CH4O.Ca.2H/c1-2(4)3(5)6;1-2;;;/h2,4H,1H3,(H,5,6);2H,1H3;;;/q;;+2;2*-1. The molecular weight excluding hydrogens is 152 g/mol. The van der Waals surface area contributed by atoms with Gasteiger partial charge in [0.1, 0.15) is 6.10 Å². The van der Waals surface area contributed by atoms with Crippen LogP contribution in [0, 0.1) is 0 Å². The summed E-state index contributed by atoms with van der Waals surface area (Å²) in [6, 6.07) is 0. The van der Waals surface area contributed by atoms with Crippen LogP contribution in [0.25, 0.3) is 0 Å². The second-order valence-electron chi connectivity index (χ2n) is 1.01. The Morgan fingerprint density at radius 2 is 1.67 bits per heavy atom. The van der Waals surface area contributed by atoms with Crippen LogP contribution in [0.15, 0.2) is 0 Å². The molecule has 0 radical (unpaired) electrons. The van der Waals surface area contributed by atoms with E-state index >= 15 is 0 Å². The largest absolute Gasteiger partial charge is 2.00 e. The molecule has 0 aliphatic rings. The van der Waals surface area contributed by atoms with Gasteiger partial charge < -0.3 is 18.2 Å². The summed E-state index contributed by atoms with van der Waals surface area (Å²) in [4.78, 5) is 9.45. The fourth-order valence-electron chi connectivity index (χ4n) is 0. The second-order valence-corrected chi connectivity index (χ2v) is 1.01. The third-order valence-electron chi connectivity index (χ3n) is 0.357. The van der Waals surface area contributed by atoms with Crippen LogP contribution in [0.5, 0.6) is 0 Å². The SMILES string of the molecule is CC(O)C(=O)O.CO.[Ca+2].[H-].[H-]. The van der Waals surface area contributed by atoms with Gasteiger partial charge in [0.25, 0.3) is 0 Å². The van der Waals surface area contributed by atoms with Crippen LogP contribution in [0.3, 0.4) is 0 Å². The number of hydrogen-bond donors (Lipinski definition) is 3. The second kappa shape index (κ2) is 11.4. The Hall–Kier alpha value is 0.650. The van der Waals surface area contributed by atoms with Crippen molar-refractivity contribution in [2.75, 3.05) is 7.11 Å². The topological polar surface area (TPSA) is 77.8 Å². The molecule has 0 rings (SSSR count). The number of aliphatic hydroxyl groups excluding tert-OH is 2. The average Bonchev–Trinajstić information content (AvgIpc) is 1.72. The third-order valence-corrected chi connectivity index (χ3v) is 0.357. The first-order chi connectivity index (χ1) is 3.64. The zero-order chi connectivity index (χ0) is 7.15. The predicted octanol–water partition coefficient (Wildman–Crippen LogP) is -1.10. The fourth-order valence-corrected chi connectivity index (χ4v) is 0. The van der Waals surface area contributed by atoms with E-state index in [1.807, 2.05) is 0 Å². The van der Waals surface area contributed by atoms with E-state index in [9.17, 15) is 4.79 Å². The molecule has 4 nitrogen and oxygen atoms in total. The predicted molar refractivity (Wildman–Crippen MR) is 35.4 cm³/mol. The van der Waals surface area contributed by atoms with Gasteiger partial charge in [-0.05, 0) is 6.92 Å². The zero-order valence-corrected chi connectivity index (χ0v) is 7.74. The molecule has 5 heteroatoms. The van der Waals surface area contributed by atoms with Crippen molar-refractivity contribution in [2.45, 2.75) is 13.0 Å². The van der Waals surface area contributed by atoms with Crippen molar-refractivity contribution in [1.29, 1.82) is 0 Å². The quantitative estimate of drug-likeness (QED) is 0.430. The van der Waals surface area contributed by atoms with Gasteiger partial charge in [0, 0.05) is 7.11 Å². The van der Waals surface area contributed by atoms with E-state index in [-0.39, 0.29) is 40.6 Å². The molecule has 0 saturated carbocycles. The number of carbonyl (C=O) groups is 1. The molecule has 0 aliphatic heterocycles. The van der Waals surface area contributed by atoms with Gasteiger partial charge in [-0.2, -0.15) is 0 Å². The molecule has 54 valence electrons. The number of carboxylic acid groups (broad SMARTS) is 1. The molecule has 3 N–H and O–H groups in total. The molecule has 0 aromatic rings. The molecule has 0 bridgehead atoms. The first-order valence-corrected chi connectivity index (χ1v) is 2.00. The normalized spacial score (nSPS) is 9.78. The van der Waals surface area contributed by atoms with Crippen LogP contribution in [-0.4, -0.2) is 72.2 Å². The van der Waals surface area contributed by atoms with Gasteiger partial charge in [-0.15, -0.1) is 0 Å². The van der Waals surface area contributed by atoms with Crippen LogP contribution in [0.2, 0.25) is 0 Å². The van der Waals surface area contributed by atoms with E-state index in [4.69, 9.17) is 15.3 Å². The Morgan fingerprint density at radius 1 is 1.56 bits per heavy atom. The monoisotopic (exact) mass is 164 g/mol. The molecule has 0 saturated heterocycles. The summed E-state index contributed by atoms with van der Waals surface area (Å²) in [7, 11) is 1.00. The minimum atomic E-state index is -1.23. The Bertz CT molecular complexity index is 71.1. The van der Waals surface area contributed by atoms with Crippen LogP contribution in [0.4, 0.5) is 0 Å². The zero-order valence-electron chi connectivity index (χ0n) is 7.53. The summed E-state index contributed by atoms with van der Waals surface area (Å²) in [5.41, 5.74) is 0. The van der Waals surface area contributed by atoms with Gasteiger partial charge in [0.15, 0.2) is 0 Å². The fraction of sp³-hybridized carbons (Fsp3) is 0.750. The van der Waals surface area contributed by atoms with Crippen molar-refractivity contribution < 1.29 is 23.0 Å². The Labute approximate surface area is 86.5 Å². The molecular formula is C4H12CaO4. The van der Waals surface area contributed by atoms with Crippen LogP contribution < -0.4 is 0 Å². The molecule has 0 heterocycles. The molecule has 1 atom stereocenters. The Balaban J connectivity index is -0.0000000222. The maximum Gasteiger partial charge on any atom is 2.00 e. The van der Waals surface area contributed by atoms with E-state index in [2.05, 4.69) is 0 Å². The smallest absolute Gasteiger partial charge is 1.00 e. The van der Waals surface area contributed by atoms with Crippen molar-refractivity contribution in [1.82, 2.24) is 0 Å². The van der Waals surface area contributed by atoms with Gasteiger partial charge in [-0.25, -0.2) is 4.79 Å². The van der Waals surface area contributed by atoms with Gasteiger partial charge in [-0.3, -0.25) is 0 Å². The first kappa shape index (κ1) is 16.3. The van der Waals surface area contributed by atoms with Crippen molar-refractivity contribution >= 4 is 43.7 Å². The van der Waals surface area contributed by atoms with Crippen LogP contribution in [0.1, 0.15) is 9.78 Å². The van der Waals surface area contributed by atoms with Crippen LogP contribution in [-0.2, 0) is 4.79 Å². The van der Waals surface area contributed by atoms with Gasteiger partial charge in [0.05, 0.1) is 0 Å². The van der Waals surface area contributed by atoms with E-state index in [1.165, 1.54) is 6.92 Å². The van der Waals surface area contributed by atoms with Gasteiger partial charge in [-0.1, -0.05) is 0 Å². The summed E-state index contributed by atoms with van der Waals surface area (Å²) in [5, 5.41) is 22.8. The summed E-state index contributed by atoms with van der Waals surface area (Å²) in [6.45, 7) is 1.20. The van der Waals surface area contributed by atoms with Crippen molar-refractivity contribution in [2.24, 2.45) is 0 Å². The molecule has 9 heavy (non-hydrogen) atoms. The number of carboxylic acids is 1. The summed E-state index contributed by atoms with van der Waals surface area (Å²) in [5.74, 6) is -1.19. The molecule has 0 aromatic heterocycles. The first-order valence-electron chi connectivity index (χ1n) is 2.00. The number of aliphatic carboxylic acids is 1. The third kappa shape index (κ3) is 17.7. The minimum Gasteiger partial charge on any atom is -1.00 e. The Morgan fingerprint density at radius 3 is 1.67 bits per heavy atom. The number of rotatable bonds is 1. The van der Waals surface area contributed by atoms with Gasteiger partial charge in [0.2, 0.25) is 0 Å². The molecule has 0 aromatic carbocycles. The molecule has 0 aliphatic carbocycles. The molecule has 0 fully saturated rings. The van der Waals surface area contributed by atoms with Crippen molar-refractivity contribution in [3.63, 3.8) is 0 Å². The van der Waals surface area contributed by atoms with E-state index in [0.29, 0.717) is 0 Å². The van der Waals surface area contributed by atoms with E-state index in [0.717, 1.165) is 7.11 Å². The minimum absolute atomic E-state index is 0. The molecule has 0 spiro atoms. The summed E-state index contributed by atoms with van der Waals surface area (Å²) in [6.07, 6.45) is -1.23. The number of hydrogen-bond acceptors (Lipinski definition) is 3.